The zero-order valence-corrected chi connectivity index (χ0v) is 14.3. The van der Waals surface area contributed by atoms with E-state index in [1.807, 2.05) is 30.2 Å². The largest absolute Gasteiger partial charge is 0.351 e. The second kappa shape index (κ2) is 5.28. The van der Waals surface area contributed by atoms with Crippen LogP contribution in [0.25, 0.3) is 11.0 Å². The molecular weight excluding hydrogens is 307 g/mol. The van der Waals surface area contributed by atoms with Crippen LogP contribution < -0.4 is 15.6 Å². The van der Waals surface area contributed by atoms with Gasteiger partial charge in [0.05, 0.1) is 5.39 Å². The molecular formula is C18H23FN4O. The number of aromatic nitrogens is 2. The number of nitrogens with one attached hydrogen (secondary N) is 1. The third-order valence-electron chi connectivity index (χ3n) is 5.04. The van der Waals surface area contributed by atoms with E-state index in [9.17, 15) is 9.18 Å². The summed E-state index contributed by atoms with van der Waals surface area (Å²) >= 11 is 0. The molecule has 2 saturated heterocycles. The molecule has 0 radical (unpaired) electrons. The lowest BCUT2D eigenvalue weighted by Crippen LogP contribution is -2.51. The van der Waals surface area contributed by atoms with E-state index in [1.165, 1.54) is 12.1 Å². The third-order valence-corrected chi connectivity index (χ3v) is 5.04. The minimum atomic E-state index is -0.410. The zero-order valence-electron chi connectivity index (χ0n) is 14.3. The summed E-state index contributed by atoms with van der Waals surface area (Å²) in [6, 6.07) is 3.65. The highest BCUT2D eigenvalue weighted by atomic mass is 19.1. The van der Waals surface area contributed by atoms with Crippen molar-refractivity contribution in [3.63, 3.8) is 0 Å². The van der Waals surface area contributed by atoms with E-state index in [1.54, 1.807) is 6.20 Å². The van der Waals surface area contributed by atoms with Gasteiger partial charge in [0.1, 0.15) is 5.65 Å². The van der Waals surface area contributed by atoms with Gasteiger partial charge in [0.2, 0.25) is 0 Å². The molecule has 0 saturated carbocycles. The van der Waals surface area contributed by atoms with Gasteiger partial charge >= 0.3 is 0 Å². The Morgan fingerprint density at radius 3 is 2.54 bits per heavy atom. The number of fused-ring (bicyclic) bond motifs is 3. The van der Waals surface area contributed by atoms with Gasteiger partial charge in [-0.15, -0.1) is 0 Å². The molecule has 5 nitrogen and oxygen atoms in total. The fourth-order valence-electron chi connectivity index (χ4n) is 3.87. The summed E-state index contributed by atoms with van der Waals surface area (Å²) < 4.78 is 16.7. The van der Waals surface area contributed by atoms with E-state index < -0.39 is 5.82 Å². The van der Waals surface area contributed by atoms with Crippen LogP contribution in [0, 0.1) is 5.82 Å². The molecule has 0 aromatic carbocycles. The molecule has 2 fully saturated rings. The molecule has 2 atom stereocenters. The van der Waals surface area contributed by atoms with E-state index in [2.05, 4.69) is 10.3 Å². The van der Waals surface area contributed by atoms with Crippen LogP contribution in [0.1, 0.15) is 33.6 Å². The van der Waals surface area contributed by atoms with Crippen molar-refractivity contribution >= 4 is 16.9 Å². The molecule has 128 valence electrons. The van der Waals surface area contributed by atoms with Gasteiger partial charge in [-0.2, -0.15) is 0 Å². The molecule has 1 N–H and O–H groups in total. The second-order valence-electron chi connectivity index (χ2n) is 7.93. The molecule has 4 rings (SSSR count). The summed E-state index contributed by atoms with van der Waals surface area (Å²) in [4.78, 5) is 18.8. The Morgan fingerprint density at radius 2 is 1.92 bits per heavy atom. The van der Waals surface area contributed by atoms with Crippen molar-refractivity contribution in [1.82, 2.24) is 14.9 Å². The monoisotopic (exact) mass is 330 g/mol. The average Bonchev–Trinajstić information content (AvgIpc) is 2.85. The molecule has 0 spiro atoms. The summed E-state index contributed by atoms with van der Waals surface area (Å²) in [5.41, 5.74) is 0.123. The lowest BCUT2D eigenvalue weighted by molar-refractivity contribution is 0.405. The van der Waals surface area contributed by atoms with Crippen molar-refractivity contribution in [3.05, 3.63) is 34.4 Å². The topological polar surface area (TPSA) is 50.2 Å². The molecule has 2 bridgehead atoms. The van der Waals surface area contributed by atoms with Crippen molar-refractivity contribution in [2.24, 2.45) is 0 Å². The Balaban J connectivity index is 1.88. The van der Waals surface area contributed by atoms with E-state index in [4.69, 9.17) is 0 Å². The normalized spacial score (nSPS) is 23.9. The van der Waals surface area contributed by atoms with E-state index in [0.717, 1.165) is 25.9 Å². The first-order valence-electron chi connectivity index (χ1n) is 8.56. The quantitative estimate of drug-likeness (QED) is 0.871. The first kappa shape index (κ1) is 15.6. The van der Waals surface area contributed by atoms with E-state index in [0.29, 0.717) is 28.9 Å². The Morgan fingerprint density at radius 1 is 1.25 bits per heavy atom. The van der Waals surface area contributed by atoms with Crippen LogP contribution in [0.2, 0.25) is 0 Å². The van der Waals surface area contributed by atoms with Gasteiger partial charge in [0.25, 0.3) is 0 Å². The van der Waals surface area contributed by atoms with Crippen molar-refractivity contribution in [1.29, 1.82) is 0 Å². The molecule has 2 aliphatic rings. The van der Waals surface area contributed by atoms with Gasteiger partial charge < -0.3 is 14.8 Å². The van der Waals surface area contributed by atoms with Crippen molar-refractivity contribution in [2.75, 3.05) is 18.0 Å². The van der Waals surface area contributed by atoms with E-state index >= 15 is 0 Å². The molecule has 2 unspecified atom stereocenters. The fourth-order valence-corrected chi connectivity index (χ4v) is 3.87. The minimum absolute atomic E-state index is 0.191. The van der Waals surface area contributed by atoms with Crippen LogP contribution in [0.3, 0.4) is 0 Å². The maximum Gasteiger partial charge on any atom is 0.191 e. The number of anilines is 1. The number of hydrogen-bond donors (Lipinski definition) is 1. The Labute approximate surface area is 140 Å². The summed E-state index contributed by atoms with van der Waals surface area (Å²) in [5.74, 6) is -0.0444. The summed E-state index contributed by atoms with van der Waals surface area (Å²) in [6.07, 6.45) is 4.01. The SMILES string of the molecule is CC(C)(C)n1ccc(=O)c2cc(F)c(N3CC4CCC(C3)N4)nc21. The Bertz CT molecular complexity index is 842. The summed E-state index contributed by atoms with van der Waals surface area (Å²) in [6.45, 7) is 7.67. The number of rotatable bonds is 1. The van der Waals surface area contributed by atoms with Crippen molar-refractivity contribution in [3.8, 4) is 0 Å². The van der Waals surface area contributed by atoms with Crippen LogP contribution in [0.15, 0.2) is 23.1 Å². The molecule has 6 heteroatoms. The average molecular weight is 330 g/mol. The van der Waals surface area contributed by atoms with E-state index in [-0.39, 0.29) is 11.0 Å². The number of pyridine rings is 2. The van der Waals surface area contributed by atoms with Gasteiger partial charge in [-0.3, -0.25) is 4.79 Å². The molecule has 2 aromatic rings. The fraction of sp³-hybridized carbons (Fsp3) is 0.556. The highest BCUT2D eigenvalue weighted by Gasteiger charge is 2.34. The lowest BCUT2D eigenvalue weighted by Gasteiger charge is -2.34. The van der Waals surface area contributed by atoms with Crippen LogP contribution in [0.4, 0.5) is 10.2 Å². The molecule has 2 aliphatic heterocycles. The number of hydrogen-bond acceptors (Lipinski definition) is 4. The van der Waals surface area contributed by atoms with Gasteiger partial charge in [-0.25, -0.2) is 9.37 Å². The standard InChI is InChI=1S/C18H23FN4O/c1-18(2,3)23-7-6-15(24)13-8-14(19)17(21-16(13)23)22-9-11-4-5-12(10-22)20-11/h6-8,11-12,20H,4-5,9-10H2,1-3H3. The molecule has 2 aromatic heterocycles. The maximum absolute atomic E-state index is 14.7. The predicted molar refractivity (Wildman–Crippen MR) is 93.1 cm³/mol. The number of nitrogens with zero attached hydrogens (tertiary/aromatic N) is 3. The summed E-state index contributed by atoms with van der Waals surface area (Å²) in [7, 11) is 0. The Hall–Kier alpha value is -1.95. The highest BCUT2D eigenvalue weighted by molar-refractivity contribution is 5.77. The van der Waals surface area contributed by atoms with Crippen LogP contribution in [-0.4, -0.2) is 34.7 Å². The maximum atomic E-state index is 14.7. The van der Waals surface area contributed by atoms with Crippen molar-refractivity contribution in [2.45, 2.75) is 51.2 Å². The Kier molecular flexibility index (Phi) is 3.42. The van der Waals surface area contributed by atoms with Crippen molar-refractivity contribution < 1.29 is 4.39 Å². The predicted octanol–water partition coefficient (Wildman–Crippen LogP) is 2.23. The summed E-state index contributed by atoms with van der Waals surface area (Å²) in [5, 5.41) is 3.88. The number of halogens is 1. The zero-order chi connectivity index (χ0) is 17.1. The smallest absolute Gasteiger partial charge is 0.191 e. The number of piperazine rings is 1. The van der Waals surface area contributed by atoms with Crippen LogP contribution in [0.5, 0.6) is 0 Å². The van der Waals surface area contributed by atoms with Gasteiger partial charge in [0.15, 0.2) is 17.1 Å². The first-order chi connectivity index (χ1) is 11.3. The minimum Gasteiger partial charge on any atom is -0.351 e. The third kappa shape index (κ3) is 2.49. The molecule has 24 heavy (non-hydrogen) atoms. The second-order valence-corrected chi connectivity index (χ2v) is 7.93. The first-order valence-corrected chi connectivity index (χ1v) is 8.56. The van der Waals surface area contributed by atoms with Gasteiger partial charge in [0, 0.05) is 43.0 Å². The highest BCUT2D eigenvalue weighted by Crippen LogP contribution is 2.28. The van der Waals surface area contributed by atoms with Crippen LogP contribution in [-0.2, 0) is 5.54 Å². The van der Waals surface area contributed by atoms with Gasteiger partial charge in [-0.05, 0) is 39.7 Å². The van der Waals surface area contributed by atoms with Crippen LogP contribution >= 0.6 is 0 Å². The lowest BCUT2D eigenvalue weighted by atomic mass is 10.1. The van der Waals surface area contributed by atoms with Gasteiger partial charge in [-0.1, -0.05) is 0 Å². The molecule has 0 amide bonds. The molecule has 4 heterocycles. The molecule has 0 aliphatic carbocycles.